The van der Waals surface area contributed by atoms with Gasteiger partial charge < -0.3 is 9.47 Å². The molecule has 0 aliphatic carbocycles. The number of benzene rings is 1. The third-order valence-corrected chi connectivity index (χ3v) is 3.24. The molecule has 0 N–H and O–H groups in total. The minimum atomic E-state index is -0.493. The smallest absolute Gasteiger partial charge is 0.334 e. The predicted molar refractivity (Wildman–Crippen MR) is 89.9 cm³/mol. The van der Waals surface area contributed by atoms with Gasteiger partial charge in [0, 0.05) is 18.1 Å². The van der Waals surface area contributed by atoms with E-state index >= 15 is 0 Å². The van der Waals surface area contributed by atoms with Gasteiger partial charge in [0.25, 0.3) is 0 Å². The number of esters is 2. The van der Waals surface area contributed by atoms with E-state index in [-0.39, 0.29) is 6.61 Å². The summed E-state index contributed by atoms with van der Waals surface area (Å²) in [5.74, 6) is -0.388. The Labute approximate surface area is 138 Å². The van der Waals surface area contributed by atoms with Gasteiger partial charge in [-0.05, 0) is 31.2 Å². The third-order valence-electron chi connectivity index (χ3n) is 3.24. The number of ether oxygens (including phenoxy) is 2. The van der Waals surface area contributed by atoms with Crippen LogP contribution in [0.25, 0.3) is 0 Å². The summed E-state index contributed by atoms with van der Waals surface area (Å²) < 4.78 is 10.2. The van der Waals surface area contributed by atoms with Gasteiger partial charge >= 0.3 is 11.9 Å². The molecule has 0 heterocycles. The first-order chi connectivity index (χ1) is 11.0. The lowest BCUT2D eigenvalue weighted by Crippen LogP contribution is -2.13. The summed E-state index contributed by atoms with van der Waals surface area (Å²) in [6, 6.07) is 9.49. The highest BCUT2D eigenvalue weighted by atomic mass is 16.5. The molecule has 0 aliphatic rings. The zero-order valence-corrected chi connectivity index (χ0v) is 14.2. The Kier molecular flexibility index (Phi) is 8.73. The van der Waals surface area contributed by atoms with E-state index in [0.29, 0.717) is 24.5 Å². The molecular formula is C19H26O4. The largest absolute Gasteiger partial charge is 0.463 e. The summed E-state index contributed by atoms with van der Waals surface area (Å²) >= 11 is 0. The van der Waals surface area contributed by atoms with Crippen LogP contribution in [0.4, 0.5) is 0 Å². The molecule has 0 amide bonds. The average Bonchev–Trinajstić information content (AvgIpc) is 2.52. The molecule has 0 saturated carbocycles. The molecule has 4 nitrogen and oxygen atoms in total. The van der Waals surface area contributed by atoms with E-state index < -0.39 is 11.9 Å². The Bertz CT molecular complexity index is 517. The first kappa shape index (κ1) is 18.9. The molecule has 0 spiro atoms. The number of carbonyl (C=O) groups is 2. The van der Waals surface area contributed by atoms with Crippen molar-refractivity contribution in [1.29, 1.82) is 0 Å². The number of hydrogen-bond acceptors (Lipinski definition) is 4. The van der Waals surface area contributed by atoms with Crippen molar-refractivity contribution in [3.8, 4) is 0 Å². The van der Waals surface area contributed by atoms with Gasteiger partial charge in [-0.1, -0.05) is 44.2 Å². The van der Waals surface area contributed by atoms with Crippen LogP contribution in [0.3, 0.4) is 0 Å². The van der Waals surface area contributed by atoms with Crippen LogP contribution in [0, 0.1) is 5.92 Å². The Morgan fingerprint density at radius 2 is 1.83 bits per heavy atom. The highest BCUT2D eigenvalue weighted by molar-refractivity contribution is 5.96. The van der Waals surface area contributed by atoms with Gasteiger partial charge in [0.05, 0.1) is 13.2 Å². The number of carbonyl (C=O) groups excluding carboxylic acids is 2. The van der Waals surface area contributed by atoms with Crippen molar-refractivity contribution in [2.75, 3.05) is 13.2 Å². The molecule has 1 aromatic rings. The molecule has 126 valence electrons. The fourth-order valence-corrected chi connectivity index (χ4v) is 2.07. The van der Waals surface area contributed by atoms with Gasteiger partial charge in [-0.15, -0.1) is 0 Å². The van der Waals surface area contributed by atoms with Gasteiger partial charge in [0.2, 0.25) is 0 Å². The Morgan fingerprint density at radius 3 is 2.43 bits per heavy atom. The van der Waals surface area contributed by atoms with Crippen molar-refractivity contribution in [3.63, 3.8) is 0 Å². The third kappa shape index (κ3) is 8.19. The highest BCUT2D eigenvalue weighted by Gasteiger charge is 2.14. The lowest BCUT2D eigenvalue weighted by Gasteiger charge is -2.08. The van der Waals surface area contributed by atoms with Crippen molar-refractivity contribution in [2.24, 2.45) is 5.92 Å². The van der Waals surface area contributed by atoms with Gasteiger partial charge in [-0.2, -0.15) is 0 Å². The predicted octanol–water partition coefficient (Wildman–Crippen LogP) is 3.70. The van der Waals surface area contributed by atoms with Gasteiger partial charge in [-0.3, -0.25) is 0 Å². The summed E-state index contributed by atoms with van der Waals surface area (Å²) in [5.41, 5.74) is 1.26. The lowest BCUT2D eigenvalue weighted by atomic mass is 10.1. The second-order valence-electron chi connectivity index (χ2n) is 5.76. The molecule has 0 bridgehead atoms. The minimum absolute atomic E-state index is 0.272. The van der Waals surface area contributed by atoms with E-state index in [1.54, 1.807) is 6.92 Å². The Morgan fingerprint density at radius 1 is 1.13 bits per heavy atom. The monoisotopic (exact) mass is 318 g/mol. The molecule has 0 unspecified atom stereocenters. The quantitative estimate of drug-likeness (QED) is 0.396. The van der Waals surface area contributed by atoms with Crippen LogP contribution in [0.2, 0.25) is 0 Å². The Balaban J connectivity index is 2.66. The van der Waals surface area contributed by atoms with Crippen molar-refractivity contribution >= 4 is 11.9 Å². The maximum Gasteiger partial charge on any atom is 0.334 e. The normalized spacial score (nSPS) is 11.4. The second-order valence-corrected chi connectivity index (χ2v) is 5.76. The van der Waals surface area contributed by atoms with Crippen LogP contribution in [-0.4, -0.2) is 25.2 Å². The summed E-state index contributed by atoms with van der Waals surface area (Å²) in [7, 11) is 0. The standard InChI is InChI=1S/C19H26O4/c1-4-22-19(21)17(13-16-10-6-5-7-11-16)14-18(20)23-12-8-9-15(2)3/h5-7,10-11,14-15H,4,8-9,12-13H2,1-3H3/b17-14-. The van der Waals surface area contributed by atoms with Gasteiger partial charge in [-0.25, -0.2) is 9.59 Å². The molecule has 0 aromatic heterocycles. The zero-order valence-electron chi connectivity index (χ0n) is 14.2. The summed E-state index contributed by atoms with van der Waals surface area (Å²) in [6.45, 7) is 6.63. The van der Waals surface area contributed by atoms with Crippen LogP contribution in [-0.2, 0) is 25.5 Å². The van der Waals surface area contributed by atoms with Gasteiger partial charge in [0.15, 0.2) is 0 Å². The molecule has 0 fully saturated rings. The maximum atomic E-state index is 12.0. The van der Waals surface area contributed by atoms with E-state index in [0.717, 1.165) is 18.4 Å². The van der Waals surface area contributed by atoms with Crippen molar-refractivity contribution < 1.29 is 19.1 Å². The fourth-order valence-electron chi connectivity index (χ4n) is 2.07. The number of hydrogen-bond donors (Lipinski definition) is 0. The van der Waals surface area contributed by atoms with E-state index in [2.05, 4.69) is 13.8 Å². The topological polar surface area (TPSA) is 52.6 Å². The van der Waals surface area contributed by atoms with Crippen LogP contribution < -0.4 is 0 Å². The zero-order chi connectivity index (χ0) is 17.1. The first-order valence-corrected chi connectivity index (χ1v) is 8.11. The molecule has 0 radical (unpaired) electrons. The molecule has 23 heavy (non-hydrogen) atoms. The second kappa shape index (κ2) is 10.6. The highest BCUT2D eigenvalue weighted by Crippen LogP contribution is 2.11. The van der Waals surface area contributed by atoms with E-state index in [4.69, 9.17) is 9.47 Å². The maximum absolute atomic E-state index is 12.0. The lowest BCUT2D eigenvalue weighted by molar-refractivity contribution is -0.141. The minimum Gasteiger partial charge on any atom is -0.463 e. The van der Waals surface area contributed by atoms with Crippen molar-refractivity contribution in [3.05, 3.63) is 47.5 Å². The molecule has 0 atom stereocenters. The summed E-state index contributed by atoms with van der Waals surface area (Å²) in [4.78, 5) is 23.9. The molecule has 0 aliphatic heterocycles. The van der Waals surface area contributed by atoms with Crippen LogP contribution >= 0.6 is 0 Å². The molecule has 1 rings (SSSR count). The molecule has 4 heteroatoms. The van der Waals surface area contributed by atoms with Crippen LogP contribution in [0.5, 0.6) is 0 Å². The van der Waals surface area contributed by atoms with Crippen LogP contribution in [0.1, 0.15) is 39.2 Å². The fraction of sp³-hybridized carbons (Fsp3) is 0.474. The van der Waals surface area contributed by atoms with E-state index in [1.807, 2.05) is 30.3 Å². The average molecular weight is 318 g/mol. The van der Waals surface area contributed by atoms with E-state index in [1.165, 1.54) is 6.08 Å². The number of rotatable bonds is 9. The molecular weight excluding hydrogens is 292 g/mol. The first-order valence-electron chi connectivity index (χ1n) is 8.11. The summed E-state index contributed by atoms with van der Waals surface area (Å²) in [5, 5.41) is 0. The van der Waals surface area contributed by atoms with Crippen LogP contribution in [0.15, 0.2) is 42.0 Å². The Hall–Kier alpha value is -2.10. The van der Waals surface area contributed by atoms with Crippen molar-refractivity contribution in [2.45, 2.75) is 40.0 Å². The molecule has 1 aromatic carbocycles. The van der Waals surface area contributed by atoms with Crippen molar-refractivity contribution in [1.82, 2.24) is 0 Å². The summed E-state index contributed by atoms with van der Waals surface area (Å²) in [6.07, 6.45) is 3.43. The SMILES string of the molecule is CCOC(=O)/C(=C\C(=O)OCCCC(C)C)Cc1ccccc1. The van der Waals surface area contributed by atoms with Gasteiger partial charge in [0.1, 0.15) is 0 Å². The van der Waals surface area contributed by atoms with E-state index in [9.17, 15) is 9.59 Å². The molecule has 0 saturated heterocycles.